The molecule has 2 atom stereocenters. The summed E-state index contributed by atoms with van der Waals surface area (Å²) >= 11 is 10.7. The van der Waals surface area contributed by atoms with Gasteiger partial charge in [0.2, 0.25) is 0 Å². The van der Waals surface area contributed by atoms with E-state index in [0.717, 1.165) is 54.4 Å². The molecule has 0 aliphatic carbocycles. The molecule has 2 aromatic rings. The normalized spacial score (nSPS) is 15.1. The lowest BCUT2D eigenvalue weighted by Gasteiger charge is -2.26. The molecule has 374 valence electrons. The van der Waals surface area contributed by atoms with E-state index in [1.54, 1.807) is 22.7 Å². The summed E-state index contributed by atoms with van der Waals surface area (Å²) in [7, 11) is 0. The lowest BCUT2D eigenvalue weighted by atomic mass is 9.90. The Morgan fingerprint density at radius 3 is 0.894 bits per heavy atom. The second-order valence-electron chi connectivity index (χ2n) is 20.2. The number of rotatable bonds is 42. The Kier molecular flexibility index (Phi) is 30.4. The topological polar surface area (TPSA) is 40.6 Å². The van der Waals surface area contributed by atoms with Crippen molar-refractivity contribution < 1.29 is 9.59 Å². The largest absolute Gasteiger partial charge is 0.306 e. The highest BCUT2D eigenvalue weighted by Gasteiger charge is 2.49. The Balaban J connectivity index is 1.48. The number of amides is 2. The number of hydrogen-bond acceptors (Lipinski definition) is 4. The number of nitrogens with zero attached hydrogens (tertiary/aromatic N) is 2. The molecule has 2 amide bonds. The van der Waals surface area contributed by atoms with Crippen molar-refractivity contribution in [3.8, 4) is 0 Å². The molecule has 4 rings (SSSR count). The van der Waals surface area contributed by atoms with Crippen LogP contribution >= 0.6 is 54.5 Å². The molecule has 8 heteroatoms. The molecule has 2 unspecified atom stereocenters. The van der Waals surface area contributed by atoms with Crippen LogP contribution in [-0.2, 0) is 9.59 Å². The highest BCUT2D eigenvalue weighted by Crippen LogP contribution is 2.49. The lowest BCUT2D eigenvalue weighted by Crippen LogP contribution is -2.31. The zero-order valence-electron chi connectivity index (χ0n) is 42.6. The molecule has 66 heavy (non-hydrogen) atoms. The minimum Gasteiger partial charge on any atom is -0.306 e. The van der Waals surface area contributed by atoms with Gasteiger partial charge in [0.05, 0.1) is 39.9 Å². The van der Waals surface area contributed by atoms with E-state index in [9.17, 15) is 0 Å². The summed E-state index contributed by atoms with van der Waals surface area (Å²) in [4.78, 5) is 36.1. The quantitative estimate of drug-likeness (QED) is 0.0622. The molecule has 0 saturated carbocycles. The summed E-state index contributed by atoms with van der Waals surface area (Å²) in [5.41, 5.74) is 2.97. The van der Waals surface area contributed by atoms with Gasteiger partial charge < -0.3 is 9.80 Å². The maximum atomic E-state index is 15.0. The maximum absolute atomic E-state index is 15.0. The SMILES string of the molecule is CCCCCCCCCCC(CCCCCCCC)CCCN1C(=O)C2=C(c3ccc(Br)s3)N(CCCC(CCCCCCCC)CCCCCCCCCC)C(=O)C2=C1c1ccc(Br)s1. The van der Waals surface area contributed by atoms with Crippen LogP contribution in [0.3, 0.4) is 0 Å². The van der Waals surface area contributed by atoms with Crippen molar-refractivity contribution in [3.63, 3.8) is 0 Å². The Labute approximate surface area is 430 Å². The van der Waals surface area contributed by atoms with E-state index in [1.807, 2.05) is 9.80 Å². The summed E-state index contributed by atoms with van der Waals surface area (Å²) in [5, 5.41) is 0. The number of unbranched alkanes of at least 4 members (excludes halogenated alkanes) is 24. The van der Waals surface area contributed by atoms with E-state index in [0.29, 0.717) is 36.1 Å². The third-order valence-electron chi connectivity index (χ3n) is 14.6. The molecule has 4 heterocycles. The molecule has 0 saturated heterocycles. The van der Waals surface area contributed by atoms with E-state index in [-0.39, 0.29) is 11.8 Å². The summed E-state index contributed by atoms with van der Waals surface area (Å²) in [6.45, 7) is 10.5. The van der Waals surface area contributed by atoms with Gasteiger partial charge in [0, 0.05) is 13.1 Å². The van der Waals surface area contributed by atoms with Crippen LogP contribution in [0.1, 0.15) is 269 Å². The van der Waals surface area contributed by atoms with Crippen molar-refractivity contribution >= 4 is 77.7 Å². The summed E-state index contributed by atoms with van der Waals surface area (Å²) in [6, 6.07) is 8.37. The molecule has 0 spiro atoms. The Bertz CT molecular complexity index is 1570. The Hall–Kier alpha value is -1.22. The molecular formula is C58H94Br2N2O2S2. The smallest absolute Gasteiger partial charge is 0.261 e. The monoisotopic (exact) mass is 1070 g/mol. The molecule has 0 aromatic carbocycles. The van der Waals surface area contributed by atoms with E-state index < -0.39 is 0 Å². The van der Waals surface area contributed by atoms with Crippen LogP contribution in [0.25, 0.3) is 11.4 Å². The number of fused-ring (bicyclic) bond motifs is 1. The van der Waals surface area contributed by atoms with E-state index in [1.165, 1.54) is 205 Å². The van der Waals surface area contributed by atoms with Crippen LogP contribution in [0.4, 0.5) is 0 Å². The highest BCUT2D eigenvalue weighted by molar-refractivity contribution is 9.11. The Morgan fingerprint density at radius 1 is 0.379 bits per heavy atom. The van der Waals surface area contributed by atoms with Crippen molar-refractivity contribution in [1.82, 2.24) is 9.80 Å². The van der Waals surface area contributed by atoms with Crippen LogP contribution in [-0.4, -0.2) is 34.7 Å². The van der Waals surface area contributed by atoms with Crippen molar-refractivity contribution in [3.05, 3.63) is 52.7 Å². The second-order valence-corrected chi connectivity index (χ2v) is 25.2. The van der Waals surface area contributed by atoms with E-state index in [4.69, 9.17) is 0 Å². The van der Waals surface area contributed by atoms with Crippen LogP contribution in [0, 0.1) is 11.8 Å². The van der Waals surface area contributed by atoms with Gasteiger partial charge in [-0.1, -0.05) is 233 Å². The maximum Gasteiger partial charge on any atom is 0.261 e. The average molecular weight is 1080 g/mol. The number of hydrogen-bond donors (Lipinski definition) is 0. The van der Waals surface area contributed by atoms with Gasteiger partial charge in [-0.05, 0) is 93.6 Å². The predicted molar refractivity (Wildman–Crippen MR) is 297 cm³/mol. The van der Waals surface area contributed by atoms with Gasteiger partial charge >= 0.3 is 0 Å². The van der Waals surface area contributed by atoms with Crippen LogP contribution < -0.4 is 0 Å². The Morgan fingerprint density at radius 2 is 0.636 bits per heavy atom. The second kappa shape index (κ2) is 35.0. The third-order valence-corrected chi connectivity index (χ3v) is 17.9. The van der Waals surface area contributed by atoms with Gasteiger partial charge in [-0.2, -0.15) is 0 Å². The first-order valence-electron chi connectivity index (χ1n) is 28.0. The fourth-order valence-corrected chi connectivity index (χ4v) is 13.6. The molecule has 0 radical (unpaired) electrons. The fraction of sp³-hybridized carbons (Fsp3) is 0.759. The van der Waals surface area contributed by atoms with Crippen molar-refractivity contribution in [2.75, 3.05) is 13.1 Å². The van der Waals surface area contributed by atoms with Crippen molar-refractivity contribution in [1.29, 1.82) is 0 Å². The molecule has 2 aromatic heterocycles. The molecule has 0 N–H and O–H groups in total. The van der Waals surface area contributed by atoms with Gasteiger partial charge in [-0.15, -0.1) is 22.7 Å². The van der Waals surface area contributed by atoms with Crippen molar-refractivity contribution in [2.24, 2.45) is 11.8 Å². The standard InChI is InChI=1S/C58H94Br2N2O2S2/c1-5-9-13-17-21-23-27-31-37-47(35-29-25-19-15-11-7-3)39-33-45-61-55(49-41-43-51(59)65-49)53-54(57(61)63)56(50-42-44-52(60)66-50)62(58(53)64)46-34-40-48(36-30-26-20-16-12-8-4)38-32-28-24-22-18-14-10-6-2/h41-44,47-48H,5-40,45-46H2,1-4H3. The molecule has 0 fully saturated rings. The number of halogens is 2. The van der Waals surface area contributed by atoms with Gasteiger partial charge in [0.1, 0.15) is 0 Å². The molecule has 2 aliphatic heterocycles. The number of carbonyl (C=O) groups excluding carboxylic acids is 2. The number of thiophene rings is 2. The number of carbonyl (C=O) groups is 2. The van der Waals surface area contributed by atoms with Crippen LogP contribution in [0.15, 0.2) is 43.0 Å². The van der Waals surface area contributed by atoms with Gasteiger partial charge in [0.25, 0.3) is 11.8 Å². The highest BCUT2D eigenvalue weighted by atomic mass is 79.9. The molecule has 4 nitrogen and oxygen atoms in total. The molecule has 0 bridgehead atoms. The first-order valence-corrected chi connectivity index (χ1v) is 31.2. The first-order chi connectivity index (χ1) is 32.3. The predicted octanol–water partition coefficient (Wildman–Crippen LogP) is 20.5. The van der Waals surface area contributed by atoms with E-state index in [2.05, 4.69) is 83.8 Å². The zero-order chi connectivity index (χ0) is 47.2. The van der Waals surface area contributed by atoms with Crippen molar-refractivity contribution in [2.45, 2.75) is 259 Å². The first kappa shape index (κ1) is 57.4. The summed E-state index contributed by atoms with van der Waals surface area (Å²) in [5.74, 6) is 1.45. The summed E-state index contributed by atoms with van der Waals surface area (Å²) in [6.07, 6.45) is 47.3. The van der Waals surface area contributed by atoms with Gasteiger partial charge in [-0.3, -0.25) is 9.59 Å². The zero-order valence-corrected chi connectivity index (χ0v) is 47.4. The van der Waals surface area contributed by atoms with E-state index >= 15 is 9.59 Å². The summed E-state index contributed by atoms with van der Waals surface area (Å²) < 4.78 is 2.05. The minimum absolute atomic E-state index is 0.0195. The molecular weight excluding hydrogens is 981 g/mol. The van der Waals surface area contributed by atoms with Crippen LogP contribution in [0.2, 0.25) is 0 Å². The minimum atomic E-state index is 0.0195. The lowest BCUT2D eigenvalue weighted by molar-refractivity contribution is -0.124. The van der Waals surface area contributed by atoms with Gasteiger partial charge in [0.15, 0.2) is 0 Å². The van der Waals surface area contributed by atoms with Crippen LogP contribution in [0.5, 0.6) is 0 Å². The van der Waals surface area contributed by atoms with Gasteiger partial charge in [-0.25, -0.2) is 0 Å². The average Bonchev–Trinajstić information content (AvgIpc) is 4.08. The fourth-order valence-electron chi connectivity index (χ4n) is 10.7. The molecule has 2 aliphatic rings. The third kappa shape index (κ3) is 20.2.